The number of methoxy groups -OCH3 is 1. The third kappa shape index (κ3) is 4.83. The highest BCUT2D eigenvalue weighted by atomic mass is 35.5. The number of esters is 1. The third-order valence-corrected chi connectivity index (χ3v) is 7.26. The summed E-state index contributed by atoms with van der Waals surface area (Å²) in [5.74, 6) is -1.42. The lowest BCUT2D eigenvalue weighted by molar-refractivity contribution is -0.120. The van der Waals surface area contributed by atoms with Crippen LogP contribution in [-0.2, 0) is 19.6 Å². The first-order chi connectivity index (χ1) is 14.2. The van der Waals surface area contributed by atoms with Crippen molar-refractivity contribution in [3.63, 3.8) is 0 Å². The monoisotopic (exact) mass is 450 g/mol. The molecule has 1 aliphatic rings. The molecular formula is C21H23ClN2O5S. The van der Waals surface area contributed by atoms with E-state index in [9.17, 15) is 18.0 Å². The van der Waals surface area contributed by atoms with Crippen molar-refractivity contribution >= 4 is 39.2 Å². The summed E-state index contributed by atoms with van der Waals surface area (Å²) in [5.41, 5.74) is 1.51. The van der Waals surface area contributed by atoms with E-state index in [4.69, 9.17) is 11.6 Å². The standard InChI is InChI=1S/C21H23ClN2O5S/c1-14-5-8-17(9-6-14)30(27,28)24-11-3-4-15(13-24)20(25)23-16-7-10-19(22)18(12-16)21(26)29-2/h5-10,12,15H,3-4,11,13H2,1-2H3,(H,23,25). The summed E-state index contributed by atoms with van der Waals surface area (Å²) in [6, 6.07) is 11.2. The molecule has 2 aromatic rings. The fraction of sp³-hybridized carbons (Fsp3) is 0.333. The van der Waals surface area contributed by atoms with Gasteiger partial charge in [-0.2, -0.15) is 4.31 Å². The third-order valence-electron chi connectivity index (χ3n) is 5.05. The van der Waals surface area contributed by atoms with Crippen LogP contribution in [0, 0.1) is 12.8 Å². The number of anilines is 1. The average molecular weight is 451 g/mol. The van der Waals surface area contributed by atoms with Crippen molar-refractivity contribution < 1.29 is 22.7 Å². The fourth-order valence-electron chi connectivity index (χ4n) is 3.35. The van der Waals surface area contributed by atoms with Crippen molar-refractivity contribution in [2.75, 3.05) is 25.5 Å². The van der Waals surface area contributed by atoms with E-state index in [1.54, 1.807) is 30.3 Å². The van der Waals surface area contributed by atoms with Crippen molar-refractivity contribution in [1.82, 2.24) is 4.31 Å². The Balaban J connectivity index is 1.73. The number of ether oxygens (including phenoxy) is 1. The van der Waals surface area contributed by atoms with E-state index >= 15 is 0 Å². The lowest BCUT2D eigenvalue weighted by atomic mass is 9.98. The first-order valence-electron chi connectivity index (χ1n) is 9.48. The van der Waals surface area contributed by atoms with Gasteiger partial charge in [0, 0.05) is 18.8 Å². The Kier molecular flexibility index (Phi) is 6.80. The Morgan fingerprint density at radius 3 is 2.53 bits per heavy atom. The highest BCUT2D eigenvalue weighted by molar-refractivity contribution is 7.89. The maximum atomic E-state index is 12.9. The smallest absolute Gasteiger partial charge is 0.339 e. The Bertz CT molecular complexity index is 1050. The molecule has 160 valence electrons. The minimum absolute atomic E-state index is 0.0967. The number of piperidine rings is 1. The number of rotatable bonds is 5. The Morgan fingerprint density at radius 1 is 1.17 bits per heavy atom. The summed E-state index contributed by atoms with van der Waals surface area (Å²) in [5, 5.41) is 2.97. The number of nitrogens with zero attached hydrogens (tertiary/aromatic N) is 1. The number of benzene rings is 2. The molecule has 0 aliphatic carbocycles. The topological polar surface area (TPSA) is 92.8 Å². The minimum Gasteiger partial charge on any atom is -0.465 e. The van der Waals surface area contributed by atoms with Gasteiger partial charge in [0.2, 0.25) is 15.9 Å². The number of carbonyl (C=O) groups excluding carboxylic acids is 2. The largest absolute Gasteiger partial charge is 0.465 e. The number of hydrogen-bond acceptors (Lipinski definition) is 5. The van der Waals surface area contributed by atoms with Crippen LogP contribution in [0.4, 0.5) is 5.69 Å². The van der Waals surface area contributed by atoms with Gasteiger partial charge < -0.3 is 10.1 Å². The Morgan fingerprint density at radius 2 is 1.87 bits per heavy atom. The highest BCUT2D eigenvalue weighted by Gasteiger charge is 2.33. The molecule has 0 radical (unpaired) electrons. The van der Waals surface area contributed by atoms with E-state index in [-0.39, 0.29) is 27.9 Å². The second-order valence-electron chi connectivity index (χ2n) is 7.19. The number of hydrogen-bond donors (Lipinski definition) is 1. The number of sulfonamides is 1. The molecule has 1 heterocycles. The van der Waals surface area contributed by atoms with Gasteiger partial charge in [0.25, 0.3) is 0 Å². The van der Waals surface area contributed by atoms with Gasteiger partial charge in [0.15, 0.2) is 0 Å². The lowest BCUT2D eigenvalue weighted by Gasteiger charge is -2.31. The summed E-state index contributed by atoms with van der Waals surface area (Å²) in [4.78, 5) is 24.8. The number of carbonyl (C=O) groups is 2. The minimum atomic E-state index is -3.67. The van der Waals surface area contributed by atoms with E-state index in [1.165, 1.54) is 23.5 Å². The number of amides is 1. The number of halogens is 1. The molecule has 0 saturated carbocycles. The highest BCUT2D eigenvalue weighted by Crippen LogP contribution is 2.26. The Labute approximate surface area is 181 Å². The quantitative estimate of drug-likeness (QED) is 0.704. The maximum absolute atomic E-state index is 12.9. The molecule has 30 heavy (non-hydrogen) atoms. The molecule has 0 bridgehead atoms. The molecule has 1 fully saturated rings. The molecule has 3 rings (SSSR count). The molecule has 1 unspecified atom stereocenters. The summed E-state index contributed by atoms with van der Waals surface area (Å²) in [6.45, 7) is 2.35. The molecule has 1 N–H and O–H groups in total. The van der Waals surface area contributed by atoms with Crippen molar-refractivity contribution in [1.29, 1.82) is 0 Å². The normalized spacial score (nSPS) is 17.4. The van der Waals surface area contributed by atoms with Crippen LogP contribution in [-0.4, -0.2) is 44.8 Å². The molecule has 2 aromatic carbocycles. The van der Waals surface area contributed by atoms with Crippen LogP contribution in [0.5, 0.6) is 0 Å². The molecule has 9 heteroatoms. The molecule has 0 spiro atoms. The summed E-state index contributed by atoms with van der Waals surface area (Å²) >= 11 is 6.01. The van der Waals surface area contributed by atoms with Crippen LogP contribution in [0.15, 0.2) is 47.4 Å². The average Bonchev–Trinajstić information content (AvgIpc) is 2.75. The molecule has 1 aliphatic heterocycles. The van der Waals surface area contributed by atoms with Crippen LogP contribution in [0.1, 0.15) is 28.8 Å². The molecule has 0 aromatic heterocycles. The molecular weight excluding hydrogens is 428 g/mol. The second-order valence-corrected chi connectivity index (χ2v) is 9.54. The van der Waals surface area contributed by atoms with Crippen LogP contribution in [0.3, 0.4) is 0 Å². The van der Waals surface area contributed by atoms with E-state index in [1.807, 2.05) is 6.92 Å². The van der Waals surface area contributed by atoms with Crippen LogP contribution >= 0.6 is 11.6 Å². The predicted molar refractivity (Wildman–Crippen MR) is 114 cm³/mol. The van der Waals surface area contributed by atoms with Gasteiger partial charge >= 0.3 is 5.97 Å². The lowest BCUT2D eigenvalue weighted by Crippen LogP contribution is -2.43. The summed E-state index contributed by atoms with van der Waals surface area (Å²) in [6.07, 6.45) is 1.15. The predicted octanol–water partition coefficient (Wildman–Crippen LogP) is 3.47. The zero-order chi connectivity index (χ0) is 21.9. The van der Waals surface area contributed by atoms with Crippen molar-refractivity contribution in [2.24, 2.45) is 5.92 Å². The van der Waals surface area contributed by atoms with Crippen LogP contribution in [0.25, 0.3) is 0 Å². The van der Waals surface area contributed by atoms with Gasteiger partial charge in [0.1, 0.15) is 0 Å². The van der Waals surface area contributed by atoms with Gasteiger partial charge in [-0.1, -0.05) is 29.3 Å². The van der Waals surface area contributed by atoms with Gasteiger partial charge in [-0.05, 0) is 50.1 Å². The van der Waals surface area contributed by atoms with Crippen molar-refractivity contribution in [3.8, 4) is 0 Å². The first-order valence-corrected chi connectivity index (χ1v) is 11.3. The first kappa shape index (κ1) is 22.3. The molecule has 1 saturated heterocycles. The van der Waals surface area contributed by atoms with E-state index in [0.29, 0.717) is 25.1 Å². The van der Waals surface area contributed by atoms with E-state index in [2.05, 4.69) is 10.1 Å². The summed E-state index contributed by atoms with van der Waals surface area (Å²) < 4.78 is 31.9. The van der Waals surface area contributed by atoms with Crippen molar-refractivity contribution in [3.05, 3.63) is 58.6 Å². The molecule has 1 atom stereocenters. The van der Waals surface area contributed by atoms with Gasteiger partial charge in [0.05, 0.1) is 28.5 Å². The molecule has 1 amide bonds. The van der Waals surface area contributed by atoms with Gasteiger partial charge in [-0.25, -0.2) is 13.2 Å². The van der Waals surface area contributed by atoms with Gasteiger partial charge in [-0.3, -0.25) is 4.79 Å². The number of aryl methyl sites for hydroxylation is 1. The maximum Gasteiger partial charge on any atom is 0.339 e. The SMILES string of the molecule is COC(=O)c1cc(NC(=O)C2CCCN(S(=O)(=O)c3ccc(C)cc3)C2)ccc1Cl. The Hall–Kier alpha value is -2.42. The van der Waals surface area contributed by atoms with E-state index < -0.39 is 21.9 Å². The van der Waals surface area contributed by atoms with E-state index in [0.717, 1.165) is 5.56 Å². The molecule has 7 nitrogen and oxygen atoms in total. The zero-order valence-electron chi connectivity index (χ0n) is 16.7. The zero-order valence-corrected chi connectivity index (χ0v) is 18.3. The van der Waals surface area contributed by atoms with Crippen molar-refractivity contribution in [2.45, 2.75) is 24.7 Å². The second kappa shape index (κ2) is 9.16. The fourth-order valence-corrected chi connectivity index (χ4v) is 5.07. The number of nitrogens with one attached hydrogen (secondary N) is 1. The van der Waals surface area contributed by atoms with Crippen LogP contribution in [0.2, 0.25) is 5.02 Å². The summed E-state index contributed by atoms with van der Waals surface area (Å²) in [7, 11) is -2.43. The van der Waals surface area contributed by atoms with Crippen LogP contribution < -0.4 is 5.32 Å². The van der Waals surface area contributed by atoms with Gasteiger partial charge in [-0.15, -0.1) is 0 Å².